The highest BCUT2D eigenvalue weighted by atomic mass is 79.9. The standard InChI is InChI=1S/C14H13BrFNO/c1-18-13-8-10(15)5-6-12(13)14(17)9-3-2-4-11(16)7-9/h2-8,14H,17H2,1H3. The minimum absolute atomic E-state index is 0.293. The molecule has 0 fully saturated rings. The Morgan fingerprint density at radius 2 is 2.00 bits per heavy atom. The van der Waals surface area contributed by atoms with Crippen LogP contribution < -0.4 is 10.5 Å². The fourth-order valence-corrected chi connectivity index (χ4v) is 2.16. The predicted octanol–water partition coefficient (Wildman–Crippen LogP) is 3.64. The Morgan fingerprint density at radius 1 is 1.22 bits per heavy atom. The van der Waals surface area contributed by atoms with Gasteiger partial charge in [-0.15, -0.1) is 0 Å². The van der Waals surface area contributed by atoms with Gasteiger partial charge in [0, 0.05) is 10.0 Å². The summed E-state index contributed by atoms with van der Waals surface area (Å²) in [4.78, 5) is 0. The predicted molar refractivity (Wildman–Crippen MR) is 73.1 cm³/mol. The maximum absolute atomic E-state index is 13.2. The summed E-state index contributed by atoms with van der Waals surface area (Å²) in [6.45, 7) is 0. The van der Waals surface area contributed by atoms with Gasteiger partial charge in [-0.3, -0.25) is 0 Å². The molecule has 0 saturated carbocycles. The van der Waals surface area contributed by atoms with Crippen LogP contribution in [-0.2, 0) is 0 Å². The number of methoxy groups -OCH3 is 1. The molecule has 2 nitrogen and oxygen atoms in total. The van der Waals surface area contributed by atoms with E-state index in [1.807, 2.05) is 18.2 Å². The molecule has 4 heteroatoms. The third-order valence-electron chi connectivity index (χ3n) is 2.74. The van der Waals surface area contributed by atoms with E-state index in [9.17, 15) is 4.39 Å². The Balaban J connectivity index is 2.42. The molecule has 0 aromatic heterocycles. The summed E-state index contributed by atoms with van der Waals surface area (Å²) in [7, 11) is 1.59. The van der Waals surface area contributed by atoms with Crippen molar-refractivity contribution in [3.8, 4) is 5.75 Å². The highest BCUT2D eigenvalue weighted by Gasteiger charge is 2.14. The molecule has 1 atom stereocenters. The highest BCUT2D eigenvalue weighted by molar-refractivity contribution is 9.10. The zero-order valence-corrected chi connectivity index (χ0v) is 11.4. The van der Waals surface area contributed by atoms with Crippen molar-refractivity contribution < 1.29 is 9.13 Å². The van der Waals surface area contributed by atoms with Crippen molar-refractivity contribution in [2.24, 2.45) is 5.73 Å². The second-order valence-electron chi connectivity index (χ2n) is 3.92. The number of benzene rings is 2. The van der Waals surface area contributed by atoms with Crippen molar-refractivity contribution in [1.82, 2.24) is 0 Å². The minimum atomic E-state index is -0.413. The van der Waals surface area contributed by atoms with Crippen molar-refractivity contribution in [2.75, 3.05) is 7.11 Å². The second-order valence-corrected chi connectivity index (χ2v) is 4.83. The van der Waals surface area contributed by atoms with Gasteiger partial charge in [0.05, 0.1) is 13.2 Å². The summed E-state index contributed by atoms with van der Waals surface area (Å²) >= 11 is 3.37. The van der Waals surface area contributed by atoms with E-state index < -0.39 is 6.04 Å². The molecule has 2 rings (SSSR count). The van der Waals surface area contributed by atoms with Crippen molar-refractivity contribution in [3.05, 3.63) is 63.9 Å². The van der Waals surface area contributed by atoms with Crippen LogP contribution in [0, 0.1) is 5.82 Å². The summed E-state index contributed by atoms with van der Waals surface area (Å²) in [5.74, 6) is 0.389. The molecule has 2 N–H and O–H groups in total. The Kier molecular flexibility index (Phi) is 3.99. The molecule has 2 aromatic carbocycles. The van der Waals surface area contributed by atoms with E-state index in [1.165, 1.54) is 12.1 Å². The van der Waals surface area contributed by atoms with Gasteiger partial charge in [0.2, 0.25) is 0 Å². The molecule has 0 spiro atoms. The SMILES string of the molecule is COc1cc(Br)ccc1C(N)c1cccc(F)c1. The van der Waals surface area contributed by atoms with Gasteiger partial charge in [-0.05, 0) is 29.8 Å². The van der Waals surface area contributed by atoms with Crippen LogP contribution in [0.4, 0.5) is 4.39 Å². The van der Waals surface area contributed by atoms with Crippen LogP contribution in [0.1, 0.15) is 17.2 Å². The quantitative estimate of drug-likeness (QED) is 0.939. The molecule has 0 aliphatic rings. The molecule has 0 heterocycles. The van der Waals surface area contributed by atoms with Gasteiger partial charge < -0.3 is 10.5 Å². The summed E-state index contributed by atoms with van der Waals surface area (Å²) in [6, 6.07) is 11.5. The topological polar surface area (TPSA) is 35.2 Å². The first-order chi connectivity index (χ1) is 8.61. The van der Waals surface area contributed by atoms with Gasteiger partial charge in [0.25, 0.3) is 0 Å². The van der Waals surface area contributed by atoms with Crippen LogP contribution in [0.5, 0.6) is 5.75 Å². The maximum Gasteiger partial charge on any atom is 0.125 e. The van der Waals surface area contributed by atoms with Gasteiger partial charge >= 0.3 is 0 Å². The number of rotatable bonds is 3. The highest BCUT2D eigenvalue weighted by Crippen LogP contribution is 2.30. The van der Waals surface area contributed by atoms with Crippen molar-refractivity contribution in [3.63, 3.8) is 0 Å². The number of ether oxygens (including phenoxy) is 1. The Morgan fingerprint density at radius 3 is 2.67 bits per heavy atom. The zero-order valence-electron chi connectivity index (χ0n) is 9.86. The van der Waals surface area contributed by atoms with Gasteiger partial charge in [-0.25, -0.2) is 4.39 Å². The molecule has 0 saturated heterocycles. The first kappa shape index (κ1) is 13.1. The van der Waals surface area contributed by atoms with Crippen molar-refractivity contribution >= 4 is 15.9 Å². The molecule has 94 valence electrons. The minimum Gasteiger partial charge on any atom is -0.496 e. The molecule has 18 heavy (non-hydrogen) atoms. The third-order valence-corrected chi connectivity index (χ3v) is 3.23. The lowest BCUT2D eigenvalue weighted by Crippen LogP contribution is -2.13. The first-order valence-electron chi connectivity index (χ1n) is 5.46. The Labute approximate surface area is 114 Å². The number of hydrogen-bond donors (Lipinski definition) is 1. The lowest BCUT2D eigenvalue weighted by Gasteiger charge is -2.16. The Hall–Kier alpha value is -1.39. The van der Waals surface area contributed by atoms with Gasteiger partial charge in [0.1, 0.15) is 11.6 Å². The van der Waals surface area contributed by atoms with E-state index >= 15 is 0 Å². The lowest BCUT2D eigenvalue weighted by atomic mass is 9.99. The normalized spacial score (nSPS) is 12.2. The third kappa shape index (κ3) is 2.71. The molecule has 2 aromatic rings. The van der Waals surface area contributed by atoms with E-state index in [0.717, 1.165) is 15.6 Å². The zero-order chi connectivity index (χ0) is 13.1. The molecule has 1 unspecified atom stereocenters. The molecule has 0 bridgehead atoms. The van der Waals surface area contributed by atoms with Crippen LogP contribution >= 0.6 is 15.9 Å². The van der Waals surface area contributed by atoms with E-state index in [2.05, 4.69) is 15.9 Å². The first-order valence-corrected chi connectivity index (χ1v) is 6.25. The maximum atomic E-state index is 13.2. The van der Waals surface area contributed by atoms with Crippen LogP contribution in [0.3, 0.4) is 0 Å². The van der Waals surface area contributed by atoms with Crippen LogP contribution in [0.2, 0.25) is 0 Å². The van der Waals surface area contributed by atoms with Crippen molar-refractivity contribution in [1.29, 1.82) is 0 Å². The lowest BCUT2D eigenvalue weighted by molar-refractivity contribution is 0.407. The Bertz CT molecular complexity index is 559. The summed E-state index contributed by atoms with van der Waals surface area (Å²) in [6.07, 6.45) is 0. The van der Waals surface area contributed by atoms with Crippen LogP contribution in [-0.4, -0.2) is 7.11 Å². The van der Waals surface area contributed by atoms with Crippen LogP contribution in [0.15, 0.2) is 46.9 Å². The average Bonchev–Trinajstić information content (AvgIpc) is 2.37. The summed E-state index contributed by atoms with van der Waals surface area (Å²) in [5, 5.41) is 0. The summed E-state index contributed by atoms with van der Waals surface area (Å²) in [5.41, 5.74) is 7.69. The fourth-order valence-electron chi connectivity index (χ4n) is 1.82. The molecule has 0 amide bonds. The number of nitrogens with two attached hydrogens (primary N) is 1. The van der Waals surface area contributed by atoms with Gasteiger partial charge in [-0.1, -0.05) is 34.1 Å². The van der Waals surface area contributed by atoms with Gasteiger partial charge in [0.15, 0.2) is 0 Å². The molecular formula is C14H13BrFNO. The van der Waals surface area contributed by atoms with Crippen molar-refractivity contribution in [2.45, 2.75) is 6.04 Å². The second kappa shape index (κ2) is 5.50. The average molecular weight is 310 g/mol. The fraction of sp³-hybridized carbons (Fsp3) is 0.143. The monoisotopic (exact) mass is 309 g/mol. The molecule has 0 aliphatic carbocycles. The van der Waals surface area contributed by atoms with Gasteiger partial charge in [-0.2, -0.15) is 0 Å². The number of halogens is 2. The van der Waals surface area contributed by atoms with Crippen LogP contribution in [0.25, 0.3) is 0 Å². The molecule has 0 radical (unpaired) electrons. The molecular weight excluding hydrogens is 297 g/mol. The van der Waals surface area contributed by atoms with E-state index in [-0.39, 0.29) is 5.82 Å². The van der Waals surface area contributed by atoms with E-state index in [0.29, 0.717) is 5.75 Å². The van der Waals surface area contributed by atoms with E-state index in [1.54, 1.807) is 19.2 Å². The van der Waals surface area contributed by atoms with E-state index in [4.69, 9.17) is 10.5 Å². The number of hydrogen-bond acceptors (Lipinski definition) is 2. The smallest absolute Gasteiger partial charge is 0.125 e. The largest absolute Gasteiger partial charge is 0.496 e. The summed E-state index contributed by atoms with van der Waals surface area (Å²) < 4.78 is 19.4. The molecule has 0 aliphatic heterocycles.